The molecule has 1 atom stereocenters. The Kier molecular flexibility index (Phi) is 12.6. The molecule has 0 aliphatic carbocycles. The van der Waals surface area contributed by atoms with Gasteiger partial charge in [0.15, 0.2) is 5.96 Å². The molecule has 7 heteroatoms. The van der Waals surface area contributed by atoms with Crippen molar-refractivity contribution in [3.8, 4) is 5.75 Å². The Hall–Kier alpha value is -1.09. The van der Waals surface area contributed by atoms with E-state index < -0.39 is 0 Å². The van der Waals surface area contributed by atoms with E-state index in [0.29, 0.717) is 12.5 Å². The van der Waals surface area contributed by atoms with Gasteiger partial charge in [0.05, 0.1) is 25.5 Å². The molecule has 6 nitrogen and oxygen atoms in total. The Bertz CT molecular complexity index is 565. The fourth-order valence-corrected chi connectivity index (χ4v) is 2.79. The van der Waals surface area contributed by atoms with Gasteiger partial charge in [-0.15, -0.1) is 24.0 Å². The molecular weight excluding hydrogens is 443 g/mol. The number of nitrogens with zero attached hydrogens (tertiary/aromatic N) is 2. The summed E-state index contributed by atoms with van der Waals surface area (Å²) >= 11 is 0. The molecule has 1 heterocycles. The molecule has 150 valence electrons. The molecule has 1 rings (SSSR count). The molecular formula is C19H35IN4O2. The van der Waals surface area contributed by atoms with E-state index in [1.54, 1.807) is 14.2 Å². The van der Waals surface area contributed by atoms with Crippen LogP contribution in [0.4, 0.5) is 0 Å². The summed E-state index contributed by atoms with van der Waals surface area (Å²) in [6, 6.07) is 0. The van der Waals surface area contributed by atoms with E-state index in [1.807, 2.05) is 27.0 Å². The van der Waals surface area contributed by atoms with E-state index in [-0.39, 0.29) is 30.1 Å². The molecule has 0 saturated carbocycles. The van der Waals surface area contributed by atoms with Crippen LogP contribution in [0, 0.1) is 19.8 Å². The van der Waals surface area contributed by atoms with E-state index in [0.717, 1.165) is 48.1 Å². The molecule has 0 amide bonds. The molecule has 0 bridgehead atoms. The number of aryl methyl sites for hydroxylation is 1. The highest BCUT2D eigenvalue weighted by Gasteiger charge is 2.13. The van der Waals surface area contributed by atoms with Gasteiger partial charge in [-0.1, -0.05) is 13.8 Å². The Morgan fingerprint density at radius 3 is 2.50 bits per heavy atom. The highest BCUT2D eigenvalue weighted by atomic mass is 127. The van der Waals surface area contributed by atoms with Crippen LogP contribution in [0.5, 0.6) is 5.75 Å². The Balaban J connectivity index is 0.00000625. The fraction of sp³-hybridized carbons (Fsp3) is 0.684. The number of ether oxygens (including phenoxy) is 2. The van der Waals surface area contributed by atoms with Crippen LogP contribution in [0.1, 0.15) is 44.0 Å². The third kappa shape index (κ3) is 7.65. The van der Waals surface area contributed by atoms with Crippen molar-refractivity contribution >= 4 is 29.9 Å². The first-order valence-corrected chi connectivity index (χ1v) is 8.99. The lowest BCUT2D eigenvalue weighted by Gasteiger charge is -2.21. The standard InChI is InChI=1S/C19H34N4O2.HI/c1-8-25-17(13(2)3)9-10-21-19(20-6)23-12-16-15(5)18(24-7)14(4)11-22-16;/h11,13,17H,8-10,12H2,1-7H3,(H2,20,21,23);1H. The molecule has 1 unspecified atom stereocenters. The molecule has 0 aliphatic heterocycles. The van der Waals surface area contributed by atoms with Crippen molar-refractivity contribution in [3.63, 3.8) is 0 Å². The second-order valence-electron chi connectivity index (χ2n) is 6.43. The van der Waals surface area contributed by atoms with Crippen molar-refractivity contribution in [2.45, 2.75) is 53.7 Å². The van der Waals surface area contributed by atoms with Gasteiger partial charge in [0.1, 0.15) is 5.75 Å². The molecule has 26 heavy (non-hydrogen) atoms. The number of nitrogens with one attached hydrogen (secondary N) is 2. The Labute approximate surface area is 175 Å². The Morgan fingerprint density at radius 1 is 1.27 bits per heavy atom. The van der Waals surface area contributed by atoms with E-state index in [1.165, 1.54) is 0 Å². The normalized spacial score (nSPS) is 12.5. The molecule has 0 saturated heterocycles. The van der Waals surface area contributed by atoms with E-state index in [2.05, 4.69) is 34.5 Å². The number of guanidine groups is 1. The minimum Gasteiger partial charge on any atom is -0.496 e. The quantitative estimate of drug-likeness (QED) is 0.324. The summed E-state index contributed by atoms with van der Waals surface area (Å²) in [5.41, 5.74) is 3.06. The van der Waals surface area contributed by atoms with Crippen LogP contribution in [0.25, 0.3) is 0 Å². The average molecular weight is 478 g/mol. The summed E-state index contributed by atoms with van der Waals surface area (Å²) in [6.07, 6.45) is 3.05. The summed E-state index contributed by atoms with van der Waals surface area (Å²) in [5.74, 6) is 2.16. The fourth-order valence-electron chi connectivity index (χ4n) is 2.79. The number of methoxy groups -OCH3 is 1. The maximum absolute atomic E-state index is 5.78. The van der Waals surface area contributed by atoms with Gasteiger partial charge in [0, 0.05) is 37.5 Å². The van der Waals surface area contributed by atoms with Gasteiger partial charge in [0.25, 0.3) is 0 Å². The third-order valence-electron chi connectivity index (χ3n) is 4.24. The summed E-state index contributed by atoms with van der Waals surface area (Å²) in [7, 11) is 3.46. The molecule has 1 aromatic rings. The smallest absolute Gasteiger partial charge is 0.191 e. The van der Waals surface area contributed by atoms with Gasteiger partial charge >= 0.3 is 0 Å². The van der Waals surface area contributed by atoms with Crippen LogP contribution in [0.3, 0.4) is 0 Å². The van der Waals surface area contributed by atoms with Gasteiger partial charge < -0.3 is 20.1 Å². The van der Waals surface area contributed by atoms with Gasteiger partial charge in [0.2, 0.25) is 0 Å². The van der Waals surface area contributed by atoms with Crippen LogP contribution >= 0.6 is 24.0 Å². The number of halogens is 1. The molecule has 1 aromatic heterocycles. The highest BCUT2D eigenvalue weighted by Crippen LogP contribution is 2.23. The summed E-state index contributed by atoms with van der Waals surface area (Å²) in [4.78, 5) is 8.78. The first kappa shape index (κ1) is 24.9. The maximum Gasteiger partial charge on any atom is 0.191 e. The number of pyridine rings is 1. The first-order valence-electron chi connectivity index (χ1n) is 8.99. The zero-order valence-corrected chi connectivity index (χ0v) is 19.5. The SMILES string of the molecule is CCOC(CCNC(=NC)NCc1ncc(C)c(OC)c1C)C(C)C.I. The topological polar surface area (TPSA) is 67.8 Å². The molecule has 0 radical (unpaired) electrons. The van der Waals surface area contributed by atoms with Crippen molar-refractivity contribution < 1.29 is 9.47 Å². The first-order chi connectivity index (χ1) is 11.9. The minimum atomic E-state index is 0. The minimum absolute atomic E-state index is 0. The maximum atomic E-state index is 5.78. The van der Waals surface area contributed by atoms with Crippen molar-refractivity contribution in [1.82, 2.24) is 15.6 Å². The predicted molar refractivity (Wildman–Crippen MR) is 119 cm³/mol. The molecule has 2 N–H and O–H groups in total. The number of aromatic nitrogens is 1. The summed E-state index contributed by atoms with van der Waals surface area (Å²) in [6.45, 7) is 12.6. The second kappa shape index (κ2) is 13.1. The van der Waals surface area contributed by atoms with Gasteiger partial charge in [-0.2, -0.15) is 0 Å². The van der Waals surface area contributed by atoms with Crippen LogP contribution in [-0.2, 0) is 11.3 Å². The van der Waals surface area contributed by atoms with E-state index >= 15 is 0 Å². The lowest BCUT2D eigenvalue weighted by atomic mass is 10.0. The third-order valence-corrected chi connectivity index (χ3v) is 4.24. The largest absolute Gasteiger partial charge is 0.496 e. The van der Waals surface area contributed by atoms with Gasteiger partial charge in [-0.25, -0.2) is 0 Å². The zero-order valence-electron chi connectivity index (χ0n) is 17.2. The average Bonchev–Trinajstić information content (AvgIpc) is 2.58. The Morgan fingerprint density at radius 2 is 1.96 bits per heavy atom. The lowest BCUT2D eigenvalue weighted by molar-refractivity contribution is 0.0258. The van der Waals surface area contributed by atoms with Crippen molar-refractivity contribution in [2.75, 3.05) is 27.3 Å². The van der Waals surface area contributed by atoms with Crippen LogP contribution in [-0.4, -0.2) is 44.4 Å². The molecule has 0 spiro atoms. The second-order valence-corrected chi connectivity index (χ2v) is 6.43. The predicted octanol–water partition coefficient (Wildman–Crippen LogP) is 3.44. The monoisotopic (exact) mass is 478 g/mol. The molecule has 0 aliphatic rings. The number of rotatable bonds is 9. The van der Waals surface area contributed by atoms with Crippen molar-refractivity contribution in [3.05, 3.63) is 23.0 Å². The summed E-state index contributed by atoms with van der Waals surface area (Å²) in [5, 5.41) is 6.66. The zero-order chi connectivity index (χ0) is 18.8. The number of hydrogen-bond acceptors (Lipinski definition) is 4. The molecule has 0 fully saturated rings. The van der Waals surface area contributed by atoms with Crippen LogP contribution < -0.4 is 15.4 Å². The summed E-state index contributed by atoms with van der Waals surface area (Å²) < 4.78 is 11.2. The van der Waals surface area contributed by atoms with E-state index in [9.17, 15) is 0 Å². The molecule has 0 aromatic carbocycles. The van der Waals surface area contributed by atoms with Crippen molar-refractivity contribution in [1.29, 1.82) is 0 Å². The van der Waals surface area contributed by atoms with Crippen molar-refractivity contribution in [2.24, 2.45) is 10.9 Å². The number of hydrogen-bond donors (Lipinski definition) is 2. The number of aliphatic imine (C=N–C) groups is 1. The van der Waals surface area contributed by atoms with Gasteiger partial charge in [-0.3, -0.25) is 9.98 Å². The van der Waals surface area contributed by atoms with Crippen LogP contribution in [0.15, 0.2) is 11.2 Å². The lowest BCUT2D eigenvalue weighted by Crippen LogP contribution is -2.39. The van der Waals surface area contributed by atoms with Crippen LogP contribution in [0.2, 0.25) is 0 Å². The van der Waals surface area contributed by atoms with Gasteiger partial charge in [-0.05, 0) is 33.1 Å². The van der Waals surface area contributed by atoms with E-state index in [4.69, 9.17) is 9.47 Å². The highest BCUT2D eigenvalue weighted by molar-refractivity contribution is 14.0.